The maximum atomic E-state index is 12.2. The molecule has 0 radical (unpaired) electrons. The molecule has 2 aromatic rings. The minimum Gasteiger partial charge on any atom is -0.369 e. The first-order valence-electron chi connectivity index (χ1n) is 9.34. The molecular formula is C22H29N3O. The van der Waals surface area contributed by atoms with Gasteiger partial charge in [0.2, 0.25) is 0 Å². The second-order valence-corrected chi connectivity index (χ2v) is 8.00. The van der Waals surface area contributed by atoms with Crippen LogP contribution in [0, 0.1) is 0 Å². The van der Waals surface area contributed by atoms with Crippen LogP contribution in [0.5, 0.6) is 0 Å². The third-order valence-corrected chi connectivity index (χ3v) is 4.60. The highest BCUT2D eigenvalue weighted by Crippen LogP contribution is 2.17. The van der Waals surface area contributed by atoms with Crippen molar-refractivity contribution in [1.82, 2.24) is 10.2 Å². The van der Waals surface area contributed by atoms with Crippen LogP contribution < -0.4 is 10.2 Å². The fraction of sp³-hybridized carbons (Fsp3) is 0.409. The fourth-order valence-corrected chi connectivity index (χ4v) is 3.24. The van der Waals surface area contributed by atoms with E-state index in [1.165, 1.54) is 11.3 Å². The van der Waals surface area contributed by atoms with Crippen LogP contribution in [-0.4, -0.2) is 42.5 Å². The predicted octanol–water partition coefficient (Wildman–Crippen LogP) is 3.54. The largest absolute Gasteiger partial charge is 0.369 e. The first-order valence-corrected chi connectivity index (χ1v) is 9.34. The Morgan fingerprint density at radius 1 is 0.923 bits per heavy atom. The SMILES string of the molecule is CC(C)(C)NC(=O)c1ccc(CN2CCN(c3ccccc3)CC2)cc1. The standard InChI is InChI=1S/C22H29N3O/c1-22(2,3)23-21(26)19-11-9-18(10-12-19)17-24-13-15-25(16-14-24)20-7-5-4-6-8-20/h4-12H,13-17H2,1-3H3,(H,23,26). The van der Waals surface area contributed by atoms with Crippen LogP contribution in [-0.2, 0) is 6.54 Å². The maximum Gasteiger partial charge on any atom is 0.251 e. The molecular weight excluding hydrogens is 322 g/mol. The van der Waals surface area contributed by atoms with Crippen molar-refractivity contribution >= 4 is 11.6 Å². The Kier molecular flexibility index (Phi) is 5.62. The number of nitrogens with zero attached hydrogens (tertiary/aromatic N) is 2. The highest BCUT2D eigenvalue weighted by atomic mass is 16.1. The van der Waals surface area contributed by atoms with Crippen LogP contribution in [0.4, 0.5) is 5.69 Å². The van der Waals surface area contributed by atoms with Crippen LogP contribution in [0.15, 0.2) is 54.6 Å². The van der Waals surface area contributed by atoms with E-state index in [9.17, 15) is 4.79 Å². The minimum absolute atomic E-state index is 0.0134. The number of anilines is 1. The molecule has 2 aromatic carbocycles. The van der Waals surface area contributed by atoms with Gasteiger partial charge in [-0.15, -0.1) is 0 Å². The smallest absolute Gasteiger partial charge is 0.251 e. The zero-order valence-corrected chi connectivity index (χ0v) is 16.0. The van der Waals surface area contributed by atoms with Gasteiger partial charge in [-0.3, -0.25) is 9.69 Å². The summed E-state index contributed by atoms with van der Waals surface area (Å²) in [4.78, 5) is 17.1. The van der Waals surface area contributed by atoms with Crippen LogP contribution in [0.3, 0.4) is 0 Å². The Morgan fingerprint density at radius 2 is 1.54 bits per heavy atom. The monoisotopic (exact) mass is 351 g/mol. The van der Waals surface area contributed by atoms with Gasteiger partial charge >= 0.3 is 0 Å². The van der Waals surface area contributed by atoms with E-state index in [1.54, 1.807) is 0 Å². The number of hydrogen-bond acceptors (Lipinski definition) is 3. The number of rotatable bonds is 4. The van der Waals surface area contributed by atoms with Crippen molar-refractivity contribution in [2.75, 3.05) is 31.1 Å². The Bertz CT molecular complexity index is 711. The molecule has 1 saturated heterocycles. The van der Waals surface area contributed by atoms with E-state index in [0.29, 0.717) is 0 Å². The second-order valence-electron chi connectivity index (χ2n) is 8.00. The average molecular weight is 351 g/mol. The number of carbonyl (C=O) groups is 1. The van der Waals surface area contributed by atoms with Crippen molar-refractivity contribution in [1.29, 1.82) is 0 Å². The summed E-state index contributed by atoms with van der Waals surface area (Å²) in [6, 6.07) is 18.6. The van der Waals surface area contributed by atoms with Gasteiger partial charge in [0.25, 0.3) is 5.91 Å². The Labute approximate surface area is 156 Å². The van der Waals surface area contributed by atoms with Crippen molar-refractivity contribution in [3.8, 4) is 0 Å². The third kappa shape index (κ3) is 5.09. The van der Waals surface area contributed by atoms with Gasteiger partial charge in [-0.25, -0.2) is 0 Å². The maximum absolute atomic E-state index is 12.2. The van der Waals surface area contributed by atoms with Crippen molar-refractivity contribution < 1.29 is 4.79 Å². The van der Waals surface area contributed by atoms with E-state index in [1.807, 2.05) is 32.9 Å². The molecule has 4 heteroatoms. The Hall–Kier alpha value is -2.33. The van der Waals surface area contributed by atoms with Crippen molar-refractivity contribution in [2.24, 2.45) is 0 Å². The molecule has 0 bridgehead atoms. The first-order chi connectivity index (χ1) is 12.4. The molecule has 0 unspecified atom stereocenters. The van der Waals surface area contributed by atoms with E-state index in [2.05, 4.69) is 57.6 Å². The second kappa shape index (κ2) is 7.92. The Morgan fingerprint density at radius 3 is 2.12 bits per heavy atom. The van der Waals surface area contributed by atoms with Crippen LogP contribution >= 0.6 is 0 Å². The van der Waals surface area contributed by atoms with E-state index in [-0.39, 0.29) is 11.4 Å². The summed E-state index contributed by atoms with van der Waals surface area (Å²) in [5, 5.41) is 3.00. The number of amides is 1. The van der Waals surface area contributed by atoms with Crippen molar-refractivity contribution in [2.45, 2.75) is 32.9 Å². The highest BCUT2D eigenvalue weighted by Gasteiger charge is 2.18. The van der Waals surface area contributed by atoms with E-state index < -0.39 is 0 Å². The van der Waals surface area contributed by atoms with Gasteiger partial charge in [0.05, 0.1) is 0 Å². The van der Waals surface area contributed by atoms with Gasteiger partial charge in [-0.05, 0) is 50.6 Å². The summed E-state index contributed by atoms with van der Waals surface area (Å²) in [5.74, 6) is -0.0134. The molecule has 1 aliphatic heterocycles. The quantitative estimate of drug-likeness (QED) is 0.915. The number of piperazine rings is 1. The lowest BCUT2D eigenvalue weighted by molar-refractivity contribution is 0.0919. The molecule has 4 nitrogen and oxygen atoms in total. The van der Waals surface area contributed by atoms with Gasteiger partial charge in [0.1, 0.15) is 0 Å². The number of carbonyl (C=O) groups excluding carboxylic acids is 1. The molecule has 1 N–H and O–H groups in total. The number of benzene rings is 2. The molecule has 0 atom stereocenters. The van der Waals surface area contributed by atoms with Gasteiger partial charge in [-0.2, -0.15) is 0 Å². The van der Waals surface area contributed by atoms with Gasteiger partial charge in [-0.1, -0.05) is 30.3 Å². The molecule has 0 aliphatic carbocycles. The zero-order chi connectivity index (χ0) is 18.6. The molecule has 26 heavy (non-hydrogen) atoms. The molecule has 1 heterocycles. The normalized spacial score (nSPS) is 15.7. The topological polar surface area (TPSA) is 35.6 Å². The summed E-state index contributed by atoms with van der Waals surface area (Å²) in [6.07, 6.45) is 0. The van der Waals surface area contributed by atoms with Crippen molar-refractivity contribution in [3.05, 3.63) is 65.7 Å². The summed E-state index contributed by atoms with van der Waals surface area (Å²) < 4.78 is 0. The molecule has 1 aliphatic rings. The highest BCUT2D eigenvalue weighted by molar-refractivity contribution is 5.94. The minimum atomic E-state index is -0.214. The number of nitrogens with one attached hydrogen (secondary N) is 1. The molecule has 1 amide bonds. The van der Waals surface area contributed by atoms with Crippen LogP contribution in [0.2, 0.25) is 0 Å². The fourth-order valence-electron chi connectivity index (χ4n) is 3.24. The van der Waals surface area contributed by atoms with Gasteiger partial charge < -0.3 is 10.2 Å². The lowest BCUT2D eigenvalue weighted by Gasteiger charge is -2.36. The molecule has 0 spiro atoms. The summed E-state index contributed by atoms with van der Waals surface area (Å²) in [7, 11) is 0. The van der Waals surface area contributed by atoms with E-state index in [4.69, 9.17) is 0 Å². The van der Waals surface area contributed by atoms with Crippen molar-refractivity contribution in [3.63, 3.8) is 0 Å². The number of hydrogen-bond donors (Lipinski definition) is 1. The van der Waals surface area contributed by atoms with Gasteiger partial charge in [0, 0.05) is 49.5 Å². The Balaban J connectivity index is 1.52. The first kappa shape index (κ1) is 18.5. The third-order valence-electron chi connectivity index (χ3n) is 4.60. The van der Waals surface area contributed by atoms with Crippen LogP contribution in [0.25, 0.3) is 0 Å². The zero-order valence-electron chi connectivity index (χ0n) is 16.0. The molecule has 138 valence electrons. The predicted molar refractivity (Wildman–Crippen MR) is 108 cm³/mol. The lowest BCUT2D eigenvalue weighted by atomic mass is 10.1. The molecule has 0 aromatic heterocycles. The lowest BCUT2D eigenvalue weighted by Crippen LogP contribution is -2.45. The van der Waals surface area contributed by atoms with Crippen LogP contribution in [0.1, 0.15) is 36.7 Å². The summed E-state index contributed by atoms with van der Waals surface area (Å²) in [6.45, 7) is 11.1. The number of para-hydroxylation sites is 1. The average Bonchev–Trinajstić information content (AvgIpc) is 2.62. The molecule has 0 saturated carbocycles. The van der Waals surface area contributed by atoms with Gasteiger partial charge in [0.15, 0.2) is 0 Å². The van der Waals surface area contributed by atoms with E-state index >= 15 is 0 Å². The summed E-state index contributed by atoms with van der Waals surface area (Å²) in [5.41, 5.74) is 3.07. The summed E-state index contributed by atoms with van der Waals surface area (Å²) >= 11 is 0. The molecule has 3 rings (SSSR count). The molecule has 1 fully saturated rings. The van der Waals surface area contributed by atoms with E-state index in [0.717, 1.165) is 38.3 Å².